The van der Waals surface area contributed by atoms with Gasteiger partial charge in [0.1, 0.15) is 49.5 Å². The quantitative estimate of drug-likeness (QED) is 0.533. The number of hydrogen-bond donors (Lipinski definition) is 4. The zero-order valence-corrected chi connectivity index (χ0v) is 17.3. The standard InChI is InChI=1S/C23H28O8/c1-2-28-16-5-3-13(9-14-4-6-17-18(11-14)30-8-7-29-17)10-15(16)23-22(27)21(26)20(25)19(12-24)31-23/h3-6,10-11,19-27H,2,7-9,12H2,1H3/t19-,20-,21+,22-,23+/m1/s1. The van der Waals surface area contributed by atoms with E-state index in [9.17, 15) is 20.4 Å². The van der Waals surface area contributed by atoms with Crippen molar-refractivity contribution in [2.45, 2.75) is 43.9 Å². The van der Waals surface area contributed by atoms with Crippen molar-refractivity contribution in [3.8, 4) is 17.2 Å². The number of benzene rings is 2. The summed E-state index contributed by atoms with van der Waals surface area (Å²) in [4.78, 5) is 0. The van der Waals surface area contributed by atoms with Crippen molar-refractivity contribution in [2.24, 2.45) is 0 Å². The highest BCUT2D eigenvalue weighted by Crippen LogP contribution is 2.38. The Morgan fingerprint density at radius 2 is 1.61 bits per heavy atom. The van der Waals surface area contributed by atoms with E-state index in [4.69, 9.17) is 18.9 Å². The van der Waals surface area contributed by atoms with E-state index in [0.29, 0.717) is 43.3 Å². The fraction of sp³-hybridized carbons (Fsp3) is 0.478. The Hall–Kier alpha value is -2.36. The van der Waals surface area contributed by atoms with Gasteiger partial charge in [-0.2, -0.15) is 0 Å². The number of hydrogen-bond acceptors (Lipinski definition) is 8. The Balaban J connectivity index is 1.63. The van der Waals surface area contributed by atoms with E-state index in [2.05, 4.69) is 0 Å². The van der Waals surface area contributed by atoms with Crippen LogP contribution in [0.25, 0.3) is 0 Å². The molecule has 0 bridgehead atoms. The minimum Gasteiger partial charge on any atom is -0.493 e. The lowest BCUT2D eigenvalue weighted by molar-refractivity contribution is -0.232. The molecule has 2 aliphatic rings. The fourth-order valence-electron chi connectivity index (χ4n) is 4.01. The summed E-state index contributed by atoms with van der Waals surface area (Å²) >= 11 is 0. The van der Waals surface area contributed by atoms with Crippen molar-refractivity contribution in [1.82, 2.24) is 0 Å². The molecule has 2 aliphatic heterocycles. The van der Waals surface area contributed by atoms with E-state index in [-0.39, 0.29) is 0 Å². The monoisotopic (exact) mass is 432 g/mol. The van der Waals surface area contributed by atoms with Gasteiger partial charge in [0.15, 0.2) is 11.5 Å². The normalized spacial score (nSPS) is 27.7. The maximum atomic E-state index is 10.6. The Labute approximate surface area is 180 Å². The predicted octanol–water partition coefficient (Wildman–Crippen LogP) is 0.962. The molecule has 0 amide bonds. The van der Waals surface area contributed by atoms with E-state index < -0.39 is 37.1 Å². The minimum absolute atomic E-state index is 0.409. The molecule has 2 aromatic carbocycles. The summed E-state index contributed by atoms with van der Waals surface area (Å²) in [5.41, 5.74) is 2.51. The summed E-state index contributed by atoms with van der Waals surface area (Å²) in [6.45, 7) is 2.82. The maximum absolute atomic E-state index is 10.6. The third-order valence-corrected chi connectivity index (χ3v) is 5.59. The van der Waals surface area contributed by atoms with Crippen LogP contribution in [0.5, 0.6) is 17.2 Å². The molecule has 31 heavy (non-hydrogen) atoms. The molecule has 0 saturated carbocycles. The van der Waals surface area contributed by atoms with Crippen molar-refractivity contribution in [3.05, 3.63) is 53.1 Å². The van der Waals surface area contributed by atoms with Crippen LogP contribution < -0.4 is 14.2 Å². The highest BCUT2D eigenvalue weighted by atomic mass is 16.6. The summed E-state index contributed by atoms with van der Waals surface area (Å²) < 4.78 is 22.7. The van der Waals surface area contributed by atoms with Crippen LogP contribution in [0.3, 0.4) is 0 Å². The molecule has 2 aromatic rings. The first-order valence-electron chi connectivity index (χ1n) is 10.5. The van der Waals surface area contributed by atoms with Crippen molar-refractivity contribution in [2.75, 3.05) is 26.4 Å². The number of aliphatic hydroxyl groups excluding tert-OH is 4. The minimum atomic E-state index is -1.45. The van der Waals surface area contributed by atoms with E-state index in [0.717, 1.165) is 16.9 Å². The lowest BCUT2D eigenvalue weighted by Crippen LogP contribution is -2.55. The fourth-order valence-corrected chi connectivity index (χ4v) is 4.01. The average Bonchev–Trinajstić information content (AvgIpc) is 2.79. The highest BCUT2D eigenvalue weighted by molar-refractivity contribution is 5.46. The average molecular weight is 432 g/mol. The van der Waals surface area contributed by atoms with Crippen molar-refractivity contribution in [3.63, 3.8) is 0 Å². The highest BCUT2D eigenvalue weighted by Gasteiger charge is 2.44. The SMILES string of the molecule is CCOc1ccc(Cc2ccc3c(c2)OCCO3)cc1[C@@H]1O[C@H](CO)[C@@H](O)[C@H](O)[C@H]1O. The lowest BCUT2D eigenvalue weighted by atomic mass is 9.89. The molecule has 0 aromatic heterocycles. The second-order valence-electron chi connectivity index (χ2n) is 7.71. The number of fused-ring (bicyclic) bond motifs is 1. The van der Waals surface area contributed by atoms with Gasteiger partial charge < -0.3 is 39.4 Å². The van der Waals surface area contributed by atoms with Gasteiger partial charge in [-0.05, 0) is 48.7 Å². The van der Waals surface area contributed by atoms with E-state index in [1.54, 1.807) is 6.07 Å². The largest absolute Gasteiger partial charge is 0.493 e. The second kappa shape index (κ2) is 9.42. The Morgan fingerprint density at radius 3 is 2.35 bits per heavy atom. The molecule has 0 unspecified atom stereocenters. The first-order valence-corrected chi connectivity index (χ1v) is 10.5. The van der Waals surface area contributed by atoms with Crippen molar-refractivity contribution < 1.29 is 39.4 Å². The van der Waals surface area contributed by atoms with Gasteiger partial charge in [0.05, 0.1) is 13.2 Å². The van der Waals surface area contributed by atoms with E-state index >= 15 is 0 Å². The molecular formula is C23H28O8. The molecule has 4 rings (SSSR count). The van der Waals surface area contributed by atoms with Crippen LogP contribution in [0.15, 0.2) is 36.4 Å². The molecule has 0 aliphatic carbocycles. The molecule has 0 radical (unpaired) electrons. The van der Waals surface area contributed by atoms with Gasteiger partial charge in [0, 0.05) is 5.56 Å². The molecule has 1 fully saturated rings. The first-order chi connectivity index (χ1) is 15.0. The smallest absolute Gasteiger partial charge is 0.161 e. The summed E-state index contributed by atoms with van der Waals surface area (Å²) in [6.07, 6.45) is -5.59. The van der Waals surface area contributed by atoms with Gasteiger partial charge in [-0.3, -0.25) is 0 Å². The summed E-state index contributed by atoms with van der Waals surface area (Å²) in [7, 11) is 0. The van der Waals surface area contributed by atoms with Gasteiger partial charge in [-0.15, -0.1) is 0 Å². The molecule has 1 saturated heterocycles. The zero-order valence-electron chi connectivity index (χ0n) is 17.3. The molecule has 2 heterocycles. The molecule has 0 spiro atoms. The third-order valence-electron chi connectivity index (χ3n) is 5.59. The predicted molar refractivity (Wildman–Crippen MR) is 111 cm³/mol. The van der Waals surface area contributed by atoms with Crippen LogP contribution >= 0.6 is 0 Å². The Kier molecular flexibility index (Phi) is 6.64. The van der Waals surface area contributed by atoms with Crippen LogP contribution in [0, 0.1) is 0 Å². The van der Waals surface area contributed by atoms with Gasteiger partial charge in [0.2, 0.25) is 0 Å². The van der Waals surface area contributed by atoms with Crippen LogP contribution in [0.1, 0.15) is 29.7 Å². The number of ether oxygens (including phenoxy) is 4. The molecule has 8 heteroatoms. The van der Waals surface area contributed by atoms with Gasteiger partial charge >= 0.3 is 0 Å². The van der Waals surface area contributed by atoms with E-state index in [1.807, 2.05) is 37.3 Å². The molecule has 8 nitrogen and oxygen atoms in total. The maximum Gasteiger partial charge on any atom is 0.161 e. The molecular weight excluding hydrogens is 404 g/mol. The zero-order chi connectivity index (χ0) is 22.0. The van der Waals surface area contributed by atoms with Gasteiger partial charge in [0.25, 0.3) is 0 Å². The summed E-state index contributed by atoms with van der Waals surface area (Å²) in [6, 6.07) is 11.4. The first kappa shape index (κ1) is 21.9. The number of aliphatic hydroxyl groups is 4. The molecule has 5 atom stereocenters. The lowest BCUT2D eigenvalue weighted by Gasteiger charge is -2.40. The Bertz CT molecular complexity index is 899. The topological polar surface area (TPSA) is 118 Å². The third kappa shape index (κ3) is 4.49. The van der Waals surface area contributed by atoms with Gasteiger partial charge in [-0.25, -0.2) is 0 Å². The van der Waals surface area contributed by atoms with Crippen LogP contribution in [0.4, 0.5) is 0 Å². The molecule has 4 N–H and O–H groups in total. The number of rotatable bonds is 6. The van der Waals surface area contributed by atoms with E-state index in [1.165, 1.54) is 0 Å². The second-order valence-corrected chi connectivity index (χ2v) is 7.71. The van der Waals surface area contributed by atoms with Crippen LogP contribution in [0.2, 0.25) is 0 Å². The van der Waals surface area contributed by atoms with Crippen LogP contribution in [-0.4, -0.2) is 71.3 Å². The van der Waals surface area contributed by atoms with Gasteiger partial charge in [-0.1, -0.05) is 12.1 Å². The molecule has 168 valence electrons. The van der Waals surface area contributed by atoms with Crippen molar-refractivity contribution in [1.29, 1.82) is 0 Å². The Morgan fingerprint density at radius 1 is 0.903 bits per heavy atom. The summed E-state index contributed by atoms with van der Waals surface area (Å²) in [5.74, 6) is 1.95. The van der Waals surface area contributed by atoms with Crippen LogP contribution in [-0.2, 0) is 11.2 Å². The summed E-state index contributed by atoms with van der Waals surface area (Å²) in [5, 5.41) is 40.4. The van der Waals surface area contributed by atoms with Crippen molar-refractivity contribution >= 4 is 0 Å².